The molecule has 0 aromatic carbocycles. The van der Waals surface area contributed by atoms with Gasteiger partial charge in [-0.05, 0) is 32.9 Å². The second-order valence-electron chi connectivity index (χ2n) is 4.94. The molecule has 0 bridgehead atoms. The first-order valence-corrected chi connectivity index (χ1v) is 6.23. The van der Waals surface area contributed by atoms with E-state index >= 15 is 0 Å². The van der Waals surface area contributed by atoms with Crippen molar-refractivity contribution in [3.8, 4) is 0 Å². The van der Waals surface area contributed by atoms with Crippen LogP contribution >= 0.6 is 0 Å². The largest absolute Gasteiger partial charge is 0.395 e. The second-order valence-corrected chi connectivity index (χ2v) is 4.94. The van der Waals surface area contributed by atoms with E-state index in [1.165, 1.54) is 32.1 Å². The van der Waals surface area contributed by atoms with Crippen molar-refractivity contribution in [1.29, 1.82) is 0 Å². The summed E-state index contributed by atoms with van der Waals surface area (Å²) in [5, 5.41) is 12.8. The maximum atomic E-state index is 9.37. The summed E-state index contributed by atoms with van der Waals surface area (Å²) in [5.74, 6) is 0.700. The number of likely N-dealkylation sites (N-methyl/N-ethyl adjacent to an activating group) is 1. The number of nitrogens with zero attached hydrogens (tertiary/aromatic N) is 1. The Labute approximate surface area is 93.9 Å². The minimum absolute atomic E-state index is 0.290. The van der Waals surface area contributed by atoms with Crippen LogP contribution in [0.4, 0.5) is 0 Å². The van der Waals surface area contributed by atoms with E-state index in [0.29, 0.717) is 12.0 Å². The van der Waals surface area contributed by atoms with Crippen molar-refractivity contribution in [2.75, 3.05) is 33.8 Å². The molecule has 1 atom stereocenters. The molecule has 1 unspecified atom stereocenters. The van der Waals surface area contributed by atoms with Crippen molar-refractivity contribution in [2.45, 2.75) is 38.1 Å². The van der Waals surface area contributed by atoms with Gasteiger partial charge in [0.2, 0.25) is 0 Å². The zero-order valence-electron chi connectivity index (χ0n) is 10.2. The molecule has 1 rings (SSSR count). The molecule has 0 spiro atoms. The molecule has 0 saturated heterocycles. The Morgan fingerprint density at radius 3 is 2.47 bits per heavy atom. The molecular weight excluding hydrogens is 188 g/mol. The molecule has 15 heavy (non-hydrogen) atoms. The Morgan fingerprint density at radius 2 is 1.93 bits per heavy atom. The van der Waals surface area contributed by atoms with Gasteiger partial charge in [0.1, 0.15) is 0 Å². The highest BCUT2D eigenvalue weighted by atomic mass is 16.3. The van der Waals surface area contributed by atoms with Gasteiger partial charge in [-0.3, -0.25) is 0 Å². The molecule has 0 heterocycles. The molecule has 1 saturated carbocycles. The Hall–Kier alpha value is -0.120. The summed E-state index contributed by atoms with van der Waals surface area (Å²) in [5.41, 5.74) is 0. The number of hydrogen-bond donors (Lipinski definition) is 2. The third-order valence-corrected chi connectivity index (χ3v) is 3.38. The zero-order valence-corrected chi connectivity index (χ0v) is 10.2. The van der Waals surface area contributed by atoms with Crippen molar-refractivity contribution < 1.29 is 5.11 Å². The van der Waals surface area contributed by atoms with Gasteiger partial charge in [0, 0.05) is 19.1 Å². The molecule has 0 amide bonds. The first-order chi connectivity index (χ1) is 7.24. The summed E-state index contributed by atoms with van der Waals surface area (Å²) >= 11 is 0. The molecule has 90 valence electrons. The lowest BCUT2D eigenvalue weighted by molar-refractivity contribution is 0.169. The summed E-state index contributed by atoms with van der Waals surface area (Å²) in [6.07, 6.45) is 6.65. The van der Waals surface area contributed by atoms with Crippen molar-refractivity contribution in [3.63, 3.8) is 0 Å². The van der Waals surface area contributed by atoms with Gasteiger partial charge in [-0.25, -0.2) is 0 Å². The Balaban J connectivity index is 2.21. The van der Waals surface area contributed by atoms with Gasteiger partial charge in [0.15, 0.2) is 0 Å². The smallest absolute Gasteiger partial charge is 0.0587 e. The van der Waals surface area contributed by atoms with Crippen LogP contribution in [0.5, 0.6) is 0 Å². The molecule has 1 fully saturated rings. The minimum atomic E-state index is 0.290. The number of aliphatic hydroxyl groups excluding tert-OH is 1. The van der Waals surface area contributed by atoms with Crippen LogP contribution in [0.15, 0.2) is 0 Å². The highest BCUT2D eigenvalue weighted by Crippen LogP contribution is 2.26. The molecule has 1 aliphatic carbocycles. The van der Waals surface area contributed by atoms with Crippen LogP contribution in [0.3, 0.4) is 0 Å². The fourth-order valence-corrected chi connectivity index (χ4v) is 2.39. The maximum Gasteiger partial charge on any atom is 0.0587 e. The summed E-state index contributed by atoms with van der Waals surface area (Å²) in [6, 6.07) is 0.324. The molecule has 1 aliphatic rings. The minimum Gasteiger partial charge on any atom is -0.395 e. The molecule has 2 N–H and O–H groups in total. The van der Waals surface area contributed by atoms with Crippen LogP contribution in [0.2, 0.25) is 0 Å². The average Bonchev–Trinajstić information content (AvgIpc) is 2.25. The Bertz CT molecular complexity index is 156. The van der Waals surface area contributed by atoms with Crippen LogP contribution in [0.1, 0.15) is 32.1 Å². The van der Waals surface area contributed by atoms with Crippen molar-refractivity contribution >= 4 is 0 Å². The van der Waals surface area contributed by atoms with E-state index < -0.39 is 0 Å². The number of nitrogens with one attached hydrogen (secondary N) is 1. The Kier molecular flexibility index (Phi) is 6.22. The zero-order chi connectivity index (χ0) is 11.1. The van der Waals surface area contributed by atoms with Crippen molar-refractivity contribution in [3.05, 3.63) is 0 Å². The third kappa shape index (κ3) is 4.96. The Morgan fingerprint density at radius 1 is 1.27 bits per heavy atom. The van der Waals surface area contributed by atoms with E-state index in [4.69, 9.17) is 0 Å². The maximum absolute atomic E-state index is 9.37. The number of hydrogen-bond acceptors (Lipinski definition) is 3. The van der Waals surface area contributed by atoms with E-state index in [9.17, 15) is 5.11 Å². The lowest BCUT2D eigenvalue weighted by Crippen LogP contribution is -2.42. The van der Waals surface area contributed by atoms with Crippen molar-refractivity contribution in [1.82, 2.24) is 10.2 Å². The van der Waals surface area contributed by atoms with Gasteiger partial charge in [0.05, 0.1) is 6.61 Å². The molecule has 3 nitrogen and oxygen atoms in total. The highest BCUT2D eigenvalue weighted by Gasteiger charge is 2.22. The molecule has 0 aliphatic heterocycles. The van der Waals surface area contributed by atoms with E-state index in [-0.39, 0.29) is 6.61 Å². The molecule has 0 radical (unpaired) electrons. The highest BCUT2D eigenvalue weighted by molar-refractivity contribution is 4.78. The fraction of sp³-hybridized carbons (Fsp3) is 1.00. The van der Waals surface area contributed by atoms with Crippen LogP contribution in [-0.2, 0) is 0 Å². The van der Waals surface area contributed by atoms with Gasteiger partial charge >= 0.3 is 0 Å². The van der Waals surface area contributed by atoms with Gasteiger partial charge < -0.3 is 15.3 Å². The van der Waals surface area contributed by atoms with Gasteiger partial charge in [-0.1, -0.05) is 19.3 Å². The second kappa shape index (κ2) is 7.20. The lowest BCUT2D eigenvalue weighted by atomic mass is 9.84. The van der Waals surface area contributed by atoms with Crippen LogP contribution in [0, 0.1) is 5.92 Å². The summed E-state index contributed by atoms with van der Waals surface area (Å²) in [4.78, 5) is 2.17. The third-order valence-electron chi connectivity index (χ3n) is 3.38. The van der Waals surface area contributed by atoms with Gasteiger partial charge in [-0.2, -0.15) is 0 Å². The van der Waals surface area contributed by atoms with Crippen molar-refractivity contribution in [2.24, 2.45) is 5.92 Å². The predicted molar refractivity (Wildman–Crippen MR) is 64.0 cm³/mol. The van der Waals surface area contributed by atoms with Crippen LogP contribution in [-0.4, -0.2) is 49.8 Å². The SMILES string of the molecule is CN(C)CCNC(CO)C1CCCCC1. The van der Waals surface area contributed by atoms with Crippen LogP contribution < -0.4 is 5.32 Å². The molecular formula is C12H26N2O. The normalized spacial score (nSPS) is 20.8. The average molecular weight is 214 g/mol. The summed E-state index contributed by atoms with van der Waals surface area (Å²) in [7, 11) is 4.16. The van der Waals surface area contributed by atoms with E-state index in [1.807, 2.05) is 0 Å². The summed E-state index contributed by atoms with van der Waals surface area (Å²) in [6.45, 7) is 2.32. The first-order valence-electron chi connectivity index (χ1n) is 6.23. The fourth-order valence-electron chi connectivity index (χ4n) is 2.39. The van der Waals surface area contributed by atoms with Gasteiger partial charge in [0.25, 0.3) is 0 Å². The topological polar surface area (TPSA) is 35.5 Å². The first kappa shape index (κ1) is 12.9. The van der Waals surface area contributed by atoms with Crippen LogP contribution in [0.25, 0.3) is 0 Å². The van der Waals surface area contributed by atoms with E-state index in [1.54, 1.807) is 0 Å². The molecule has 0 aromatic heterocycles. The molecule has 0 aromatic rings. The standard InChI is InChI=1S/C12H26N2O/c1-14(2)9-8-13-12(10-15)11-6-4-3-5-7-11/h11-13,15H,3-10H2,1-2H3. The summed E-state index contributed by atoms with van der Waals surface area (Å²) < 4.78 is 0. The number of rotatable bonds is 6. The lowest BCUT2D eigenvalue weighted by Gasteiger charge is -2.30. The number of aliphatic hydroxyl groups is 1. The van der Waals surface area contributed by atoms with E-state index in [2.05, 4.69) is 24.3 Å². The quantitative estimate of drug-likeness (QED) is 0.694. The van der Waals surface area contributed by atoms with E-state index in [0.717, 1.165) is 13.1 Å². The monoisotopic (exact) mass is 214 g/mol. The predicted octanol–water partition coefficient (Wildman–Crippen LogP) is 1.08. The van der Waals surface area contributed by atoms with Gasteiger partial charge in [-0.15, -0.1) is 0 Å². The molecule has 3 heteroatoms.